The summed E-state index contributed by atoms with van der Waals surface area (Å²) in [5.74, 6) is -0.436. The molecule has 236 valence electrons. The second-order valence-corrected chi connectivity index (χ2v) is 14.5. The number of anilines is 1. The van der Waals surface area contributed by atoms with Crippen LogP contribution in [0.25, 0.3) is 0 Å². The first-order valence-electron chi connectivity index (χ1n) is 15.0. The van der Waals surface area contributed by atoms with Crippen molar-refractivity contribution in [3.8, 4) is 0 Å². The SMILES string of the molecule is Cc1cc(C)cc(N(CCCC(=O)N(Cc2ccc(Cl)c(Cl)c2)C(Cc2ccccc2)C(=O)NC2CCCC2)S(C)(=O)=O)c1. The number of halogens is 2. The lowest BCUT2D eigenvalue weighted by Gasteiger charge is -2.33. The predicted octanol–water partition coefficient (Wildman–Crippen LogP) is 6.86. The fourth-order valence-corrected chi connectivity index (χ4v) is 7.12. The molecule has 1 unspecified atom stereocenters. The maximum absolute atomic E-state index is 14.1. The highest BCUT2D eigenvalue weighted by atomic mass is 35.5. The molecule has 0 heterocycles. The second kappa shape index (κ2) is 15.3. The van der Waals surface area contributed by atoms with E-state index in [1.165, 1.54) is 10.6 Å². The number of carbonyl (C=O) groups excluding carboxylic acids is 2. The zero-order valence-corrected chi connectivity index (χ0v) is 27.9. The molecule has 10 heteroatoms. The lowest BCUT2D eigenvalue weighted by molar-refractivity contribution is -0.141. The van der Waals surface area contributed by atoms with Gasteiger partial charge in [-0.25, -0.2) is 8.42 Å². The molecule has 0 saturated heterocycles. The molecule has 4 rings (SSSR count). The molecule has 44 heavy (non-hydrogen) atoms. The smallest absolute Gasteiger partial charge is 0.243 e. The molecule has 1 aliphatic carbocycles. The third-order valence-corrected chi connectivity index (χ3v) is 9.89. The van der Waals surface area contributed by atoms with E-state index < -0.39 is 16.1 Å². The van der Waals surface area contributed by atoms with Crippen molar-refractivity contribution >= 4 is 50.7 Å². The van der Waals surface area contributed by atoms with Crippen molar-refractivity contribution in [2.75, 3.05) is 17.1 Å². The van der Waals surface area contributed by atoms with Gasteiger partial charge in [-0.15, -0.1) is 0 Å². The Morgan fingerprint density at radius 2 is 1.57 bits per heavy atom. The van der Waals surface area contributed by atoms with E-state index in [1.54, 1.807) is 23.1 Å². The van der Waals surface area contributed by atoms with Crippen LogP contribution in [0.1, 0.15) is 60.8 Å². The number of rotatable bonds is 13. The third-order valence-electron chi connectivity index (χ3n) is 7.96. The monoisotopic (exact) mass is 657 g/mol. The van der Waals surface area contributed by atoms with E-state index in [2.05, 4.69) is 5.32 Å². The normalized spacial score (nSPS) is 14.3. The first-order valence-corrected chi connectivity index (χ1v) is 17.6. The Hall–Kier alpha value is -3.07. The Bertz CT molecular complexity index is 1540. The number of benzene rings is 3. The summed E-state index contributed by atoms with van der Waals surface area (Å²) < 4.78 is 26.9. The van der Waals surface area contributed by atoms with Gasteiger partial charge in [0.05, 0.1) is 22.0 Å². The number of hydrogen-bond acceptors (Lipinski definition) is 4. The summed E-state index contributed by atoms with van der Waals surface area (Å²) in [6, 6.07) is 19.8. The van der Waals surface area contributed by atoms with Crippen molar-refractivity contribution in [2.45, 2.75) is 77.4 Å². The highest BCUT2D eigenvalue weighted by Gasteiger charge is 2.32. The van der Waals surface area contributed by atoms with E-state index in [1.807, 2.05) is 62.4 Å². The van der Waals surface area contributed by atoms with E-state index in [9.17, 15) is 18.0 Å². The fraction of sp³-hybridized carbons (Fsp3) is 0.412. The topological polar surface area (TPSA) is 86.8 Å². The highest BCUT2D eigenvalue weighted by molar-refractivity contribution is 7.92. The lowest BCUT2D eigenvalue weighted by atomic mass is 10.0. The molecule has 3 aromatic carbocycles. The van der Waals surface area contributed by atoms with Crippen LogP contribution >= 0.6 is 23.2 Å². The van der Waals surface area contributed by atoms with Gasteiger partial charge in [0, 0.05) is 32.0 Å². The van der Waals surface area contributed by atoms with E-state index in [0.29, 0.717) is 22.2 Å². The van der Waals surface area contributed by atoms with Crippen LogP contribution in [0.4, 0.5) is 5.69 Å². The van der Waals surface area contributed by atoms with Crippen LogP contribution in [0, 0.1) is 13.8 Å². The van der Waals surface area contributed by atoms with Crippen LogP contribution in [0.3, 0.4) is 0 Å². The molecule has 1 saturated carbocycles. The average molecular weight is 659 g/mol. The third kappa shape index (κ3) is 9.46. The zero-order chi connectivity index (χ0) is 31.9. The summed E-state index contributed by atoms with van der Waals surface area (Å²) in [6.07, 6.45) is 5.82. The zero-order valence-electron chi connectivity index (χ0n) is 25.6. The van der Waals surface area contributed by atoms with Gasteiger partial charge < -0.3 is 10.2 Å². The van der Waals surface area contributed by atoms with Crippen molar-refractivity contribution in [2.24, 2.45) is 0 Å². The Kier molecular flexibility index (Phi) is 11.7. The molecular formula is C34H41Cl2N3O4S. The lowest BCUT2D eigenvalue weighted by Crippen LogP contribution is -2.52. The molecule has 2 amide bonds. The molecule has 1 fully saturated rings. The highest BCUT2D eigenvalue weighted by Crippen LogP contribution is 2.26. The second-order valence-electron chi connectivity index (χ2n) is 11.8. The first-order chi connectivity index (χ1) is 20.9. The number of nitrogens with one attached hydrogen (secondary N) is 1. The minimum atomic E-state index is -3.59. The van der Waals surface area contributed by atoms with Crippen LogP contribution in [-0.4, -0.2) is 50.0 Å². The van der Waals surface area contributed by atoms with Crippen LogP contribution in [0.5, 0.6) is 0 Å². The maximum atomic E-state index is 14.1. The number of aryl methyl sites for hydroxylation is 2. The van der Waals surface area contributed by atoms with Crippen LogP contribution in [-0.2, 0) is 32.6 Å². The molecule has 0 radical (unpaired) electrons. The molecule has 7 nitrogen and oxygen atoms in total. The van der Waals surface area contributed by atoms with Crippen molar-refractivity contribution in [3.63, 3.8) is 0 Å². The van der Waals surface area contributed by atoms with Gasteiger partial charge in [-0.05, 0) is 79.6 Å². The van der Waals surface area contributed by atoms with Gasteiger partial charge in [0.2, 0.25) is 21.8 Å². The fourth-order valence-electron chi connectivity index (χ4n) is 5.85. The van der Waals surface area contributed by atoms with Crippen LogP contribution in [0.15, 0.2) is 66.7 Å². The maximum Gasteiger partial charge on any atom is 0.243 e. The molecule has 1 N–H and O–H groups in total. The summed E-state index contributed by atoms with van der Waals surface area (Å²) in [7, 11) is -3.59. The van der Waals surface area contributed by atoms with Gasteiger partial charge in [0.1, 0.15) is 6.04 Å². The average Bonchev–Trinajstić information content (AvgIpc) is 3.47. The first kappa shape index (κ1) is 33.8. The molecule has 3 aromatic rings. The summed E-state index contributed by atoms with van der Waals surface area (Å²) in [5, 5.41) is 3.97. The summed E-state index contributed by atoms with van der Waals surface area (Å²) >= 11 is 12.5. The van der Waals surface area contributed by atoms with E-state index >= 15 is 0 Å². The van der Waals surface area contributed by atoms with Gasteiger partial charge in [-0.3, -0.25) is 13.9 Å². The Morgan fingerprint density at radius 3 is 2.18 bits per heavy atom. The largest absolute Gasteiger partial charge is 0.352 e. The summed E-state index contributed by atoms with van der Waals surface area (Å²) in [4.78, 5) is 29.6. The van der Waals surface area contributed by atoms with Gasteiger partial charge in [-0.1, -0.05) is 78.5 Å². The number of sulfonamides is 1. The molecule has 1 atom stereocenters. The molecule has 0 bridgehead atoms. The minimum Gasteiger partial charge on any atom is -0.352 e. The quantitative estimate of drug-likeness (QED) is 0.218. The summed E-state index contributed by atoms with van der Waals surface area (Å²) in [6.45, 7) is 4.12. The van der Waals surface area contributed by atoms with Gasteiger partial charge in [-0.2, -0.15) is 0 Å². The number of amides is 2. The Labute approximate surface area is 271 Å². The van der Waals surface area contributed by atoms with E-state index in [0.717, 1.165) is 47.9 Å². The standard InChI is InChI=1S/C34H41Cl2N3O4S/c1-24-18-25(2)20-29(19-24)39(44(3,42)43)17-9-14-33(40)38(23-27-15-16-30(35)31(36)21-27)32(22-26-10-5-4-6-11-26)34(41)37-28-12-7-8-13-28/h4-6,10-11,15-16,18-21,28,32H,7-9,12-14,17,22-23H2,1-3H3,(H,37,41). The molecule has 1 aliphatic rings. The van der Waals surface area contributed by atoms with Crippen LogP contribution < -0.4 is 9.62 Å². The van der Waals surface area contributed by atoms with Gasteiger partial charge in [0.15, 0.2) is 0 Å². The Balaban J connectivity index is 1.61. The summed E-state index contributed by atoms with van der Waals surface area (Å²) in [5.41, 5.74) is 4.16. The van der Waals surface area contributed by atoms with Crippen LogP contribution in [0.2, 0.25) is 10.0 Å². The number of nitrogens with zero attached hydrogens (tertiary/aromatic N) is 2. The predicted molar refractivity (Wildman–Crippen MR) is 179 cm³/mol. The van der Waals surface area contributed by atoms with E-state index in [-0.39, 0.29) is 43.8 Å². The van der Waals surface area contributed by atoms with Crippen molar-refractivity contribution in [1.82, 2.24) is 10.2 Å². The van der Waals surface area contributed by atoms with Crippen molar-refractivity contribution < 1.29 is 18.0 Å². The molecule has 0 spiro atoms. The van der Waals surface area contributed by atoms with Crippen molar-refractivity contribution in [1.29, 1.82) is 0 Å². The minimum absolute atomic E-state index is 0.0557. The van der Waals surface area contributed by atoms with Gasteiger partial charge in [0.25, 0.3) is 0 Å². The molecule has 0 aliphatic heterocycles. The van der Waals surface area contributed by atoms with Gasteiger partial charge >= 0.3 is 0 Å². The molecule has 0 aromatic heterocycles. The van der Waals surface area contributed by atoms with Crippen molar-refractivity contribution in [3.05, 3.63) is 99.0 Å². The number of carbonyl (C=O) groups is 2. The number of hydrogen-bond donors (Lipinski definition) is 1. The Morgan fingerprint density at radius 1 is 0.909 bits per heavy atom. The van der Waals surface area contributed by atoms with E-state index in [4.69, 9.17) is 23.2 Å². The molecular weight excluding hydrogens is 617 g/mol.